The summed E-state index contributed by atoms with van der Waals surface area (Å²) in [6.07, 6.45) is 12.4. The number of benzene rings is 1. The molecule has 7 heteroatoms. The highest BCUT2D eigenvalue weighted by molar-refractivity contribution is 6.42. The van der Waals surface area contributed by atoms with Gasteiger partial charge in [-0.15, -0.1) is 0 Å². The summed E-state index contributed by atoms with van der Waals surface area (Å²) in [7, 11) is 0. The normalized spacial score (nSPS) is 23.4. The summed E-state index contributed by atoms with van der Waals surface area (Å²) in [6, 6.07) is 10.6. The Morgan fingerprint density at radius 3 is 2.78 bits per heavy atom. The lowest BCUT2D eigenvalue weighted by Gasteiger charge is -2.42. The summed E-state index contributed by atoms with van der Waals surface area (Å²) in [6.45, 7) is 6.43. The molecule has 1 N–H and O–H groups in total. The van der Waals surface area contributed by atoms with E-state index in [0.29, 0.717) is 22.0 Å². The van der Waals surface area contributed by atoms with Crippen molar-refractivity contribution in [2.24, 2.45) is 11.8 Å². The van der Waals surface area contributed by atoms with Gasteiger partial charge in [0.05, 0.1) is 21.7 Å². The third kappa shape index (κ3) is 6.49. The number of piperidine rings is 2. The Hall–Kier alpha value is -1.92. The van der Waals surface area contributed by atoms with Crippen molar-refractivity contribution in [3.05, 3.63) is 69.5 Å². The van der Waals surface area contributed by atoms with Crippen LogP contribution in [0.25, 0.3) is 6.08 Å². The zero-order chi connectivity index (χ0) is 24.9. The van der Waals surface area contributed by atoms with E-state index >= 15 is 0 Å². The lowest BCUT2D eigenvalue weighted by Crippen LogP contribution is -2.50. The first-order valence-corrected chi connectivity index (χ1v) is 14.1. The first-order valence-electron chi connectivity index (χ1n) is 13.4. The third-order valence-electron chi connectivity index (χ3n) is 8.08. The van der Waals surface area contributed by atoms with E-state index < -0.39 is 0 Å². The molecule has 0 spiro atoms. The Balaban J connectivity index is 1.03. The van der Waals surface area contributed by atoms with Gasteiger partial charge in [0, 0.05) is 31.9 Å². The zero-order valence-electron chi connectivity index (χ0n) is 20.8. The molecule has 0 saturated carbocycles. The Bertz CT molecular complexity index is 1080. The Labute approximate surface area is 224 Å². The molecule has 2 aliphatic heterocycles. The zero-order valence-corrected chi connectivity index (χ0v) is 22.4. The molecule has 2 fully saturated rings. The van der Waals surface area contributed by atoms with Crippen molar-refractivity contribution in [1.29, 1.82) is 0 Å². The standard InChI is InChI=1S/C29H36Cl2N4O/c30-26-7-5-21(17-27(26)31)9-14-34-15-10-25(11-16-34)35-13-2-3-22(20-35)19-33-29(36)24-6-8-28-23(18-24)4-1-12-32-28/h1,4-8,12,17,22,24-25H,2-3,9-11,13-16,18-20H2,(H,33,36). The van der Waals surface area contributed by atoms with Crippen molar-refractivity contribution in [2.45, 2.75) is 44.6 Å². The van der Waals surface area contributed by atoms with E-state index in [1.54, 1.807) is 6.20 Å². The molecule has 3 heterocycles. The number of nitrogens with one attached hydrogen (secondary N) is 1. The minimum absolute atomic E-state index is 0.0883. The fourth-order valence-corrected chi connectivity index (χ4v) is 6.25. The highest BCUT2D eigenvalue weighted by atomic mass is 35.5. The number of halogens is 2. The number of pyridine rings is 1. The largest absolute Gasteiger partial charge is 0.355 e. The summed E-state index contributed by atoms with van der Waals surface area (Å²) < 4.78 is 0. The number of nitrogens with zero attached hydrogens (tertiary/aromatic N) is 3. The first kappa shape index (κ1) is 25.7. The Morgan fingerprint density at radius 2 is 1.94 bits per heavy atom. The molecule has 5 rings (SSSR count). The number of hydrogen-bond acceptors (Lipinski definition) is 4. The van der Waals surface area contributed by atoms with Crippen LogP contribution in [-0.2, 0) is 17.6 Å². The maximum atomic E-state index is 12.9. The number of fused-ring (bicyclic) bond motifs is 1. The fraction of sp³-hybridized carbons (Fsp3) is 0.517. The number of amides is 1. The molecule has 3 aliphatic rings. The lowest BCUT2D eigenvalue weighted by atomic mass is 9.91. The first-order chi connectivity index (χ1) is 17.5. The number of carbonyl (C=O) groups excluding carboxylic acids is 1. The molecular formula is C29H36Cl2N4O. The minimum atomic E-state index is -0.0883. The van der Waals surface area contributed by atoms with Crippen LogP contribution in [0.1, 0.15) is 42.5 Å². The molecule has 1 aromatic carbocycles. The van der Waals surface area contributed by atoms with Crippen LogP contribution in [0.5, 0.6) is 0 Å². The predicted molar refractivity (Wildman–Crippen MR) is 147 cm³/mol. The van der Waals surface area contributed by atoms with Crippen molar-refractivity contribution in [3.63, 3.8) is 0 Å². The summed E-state index contributed by atoms with van der Waals surface area (Å²) in [5.41, 5.74) is 3.40. The van der Waals surface area contributed by atoms with E-state index in [9.17, 15) is 4.79 Å². The molecule has 2 saturated heterocycles. The van der Waals surface area contributed by atoms with Crippen LogP contribution in [0.15, 0.2) is 42.6 Å². The average molecular weight is 528 g/mol. The van der Waals surface area contributed by atoms with Gasteiger partial charge in [-0.2, -0.15) is 0 Å². The third-order valence-corrected chi connectivity index (χ3v) is 8.82. The van der Waals surface area contributed by atoms with Gasteiger partial charge in [0.2, 0.25) is 5.91 Å². The molecule has 1 aromatic heterocycles. The van der Waals surface area contributed by atoms with Crippen LogP contribution in [0.2, 0.25) is 10.0 Å². The topological polar surface area (TPSA) is 48.5 Å². The van der Waals surface area contributed by atoms with Crippen LogP contribution in [0.4, 0.5) is 0 Å². The van der Waals surface area contributed by atoms with Crippen molar-refractivity contribution >= 4 is 35.2 Å². The highest BCUT2D eigenvalue weighted by Gasteiger charge is 2.29. The predicted octanol–water partition coefficient (Wildman–Crippen LogP) is 5.11. The van der Waals surface area contributed by atoms with Crippen LogP contribution in [0.3, 0.4) is 0 Å². The highest BCUT2D eigenvalue weighted by Crippen LogP contribution is 2.26. The lowest BCUT2D eigenvalue weighted by molar-refractivity contribution is -0.123. The van der Waals surface area contributed by atoms with E-state index in [1.165, 1.54) is 37.8 Å². The number of carbonyl (C=O) groups is 1. The molecule has 192 valence electrons. The van der Waals surface area contributed by atoms with Crippen molar-refractivity contribution in [2.75, 3.05) is 39.3 Å². The minimum Gasteiger partial charge on any atom is -0.355 e. The molecule has 5 nitrogen and oxygen atoms in total. The van der Waals surface area contributed by atoms with Crippen LogP contribution < -0.4 is 5.32 Å². The molecule has 1 aliphatic carbocycles. The summed E-state index contributed by atoms with van der Waals surface area (Å²) in [5.74, 6) is 0.597. The van der Waals surface area contributed by atoms with Gasteiger partial charge in [-0.25, -0.2) is 0 Å². The molecule has 1 amide bonds. The fourth-order valence-electron chi connectivity index (χ4n) is 5.93. The van der Waals surface area contributed by atoms with Gasteiger partial charge < -0.3 is 10.2 Å². The van der Waals surface area contributed by atoms with Crippen LogP contribution in [0, 0.1) is 11.8 Å². The number of likely N-dealkylation sites (tertiary alicyclic amines) is 2. The van der Waals surface area contributed by atoms with E-state index in [1.807, 2.05) is 30.4 Å². The summed E-state index contributed by atoms with van der Waals surface area (Å²) in [4.78, 5) is 22.5. The van der Waals surface area contributed by atoms with Gasteiger partial charge in [-0.3, -0.25) is 14.7 Å². The molecule has 2 atom stereocenters. The summed E-state index contributed by atoms with van der Waals surface area (Å²) >= 11 is 12.2. The number of aromatic nitrogens is 1. The average Bonchev–Trinajstić information content (AvgIpc) is 2.92. The van der Waals surface area contributed by atoms with Crippen molar-refractivity contribution in [1.82, 2.24) is 20.1 Å². The SMILES string of the molecule is O=C(NCC1CCCN(C2CCN(CCc3ccc(Cl)c(Cl)c3)CC2)C1)C1C=Cc2ncccc2C1. The van der Waals surface area contributed by atoms with Gasteiger partial charge in [-0.1, -0.05) is 41.4 Å². The summed E-state index contributed by atoms with van der Waals surface area (Å²) in [5, 5.41) is 4.52. The second-order valence-corrected chi connectivity index (χ2v) is 11.4. The molecule has 0 radical (unpaired) electrons. The van der Waals surface area contributed by atoms with Gasteiger partial charge in [-0.05, 0) is 99.5 Å². The van der Waals surface area contributed by atoms with Gasteiger partial charge in [0.1, 0.15) is 0 Å². The van der Waals surface area contributed by atoms with E-state index in [0.717, 1.165) is 56.8 Å². The molecular weight excluding hydrogens is 491 g/mol. The van der Waals surface area contributed by atoms with Gasteiger partial charge in [0.25, 0.3) is 0 Å². The quantitative estimate of drug-likeness (QED) is 0.544. The van der Waals surface area contributed by atoms with Crippen LogP contribution >= 0.6 is 23.2 Å². The second-order valence-electron chi connectivity index (χ2n) is 10.5. The second kappa shape index (κ2) is 12.1. The van der Waals surface area contributed by atoms with Gasteiger partial charge in [0.15, 0.2) is 0 Å². The molecule has 2 unspecified atom stereocenters. The number of hydrogen-bond donors (Lipinski definition) is 1. The van der Waals surface area contributed by atoms with Crippen molar-refractivity contribution in [3.8, 4) is 0 Å². The van der Waals surface area contributed by atoms with Gasteiger partial charge >= 0.3 is 0 Å². The van der Waals surface area contributed by atoms with E-state index in [2.05, 4.69) is 32.2 Å². The van der Waals surface area contributed by atoms with E-state index in [4.69, 9.17) is 23.2 Å². The molecule has 0 bridgehead atoms. The van der Waals surface area contributed by atoms with Crippen molar-refractivity contribution < 1.29 is 4.79 Å². The monoisotopic (exact) mass is 526 g/mol. The Morgan fingerprint density at radius 1 is 1.08 bits per heavy atom. The number of rotatable bonds is 7. The maximum absolute atomic E-state index is 12.9. The smallest absolute Gasteiger partial charge is 0.227 e. The van der Waals surface area contributed by atoms with E-state index in [-0.39, 0.29) is 11.8 Å². The van der Waals surface area contributed by atoms with Crippen LogP contribution in [-0.4, -0.2) is 66.0 Å². The molecule has 2 aromatic rings. The molecule has 36 heavy (non-hydrogen) atoms. The Kier molecular flexibility index (Phi) is 8.63. The maximum Gasteiger partial charge on any atom is 0.227 e.